The first kappa shape index (κ1) is 23.1. The molecule has 0 bridgehead atoms. The Morgan fingerprint density at radius 1 is 1.09 bits per heavy atom. The van der Waals surface area contributed by atoms with E-state index >= 15 is 0 Å². The van der Waals surface area contributed by atoms with Crippen molar-refractivity contribution in [3.63, 3.8) is 0 Å². The lowest BCUT2D eigenvalue weighted by molar-refractivity contribution is -0.145. The van der Waals surface area contributed by atoms with Crippen LogP contribution in [-0.2, 0) is 16.8 Å². The number of hydrogen-bond acceptors (Lipinski definition) is 2. The topological polar surface area (TPSA) is 39.3 Å². The summed E-state index contributed by atoms with van der Waals surface area (Å²) in [5, 5.41) is 1.30. The Kier molecular flexibility index (Phi) is 6.01. The van der Waals surface area contributed by atoms with E-state index in [0.717, 1.165) is 44.2 Å². The van der Waals surface area contributed by atoms with Crippen molar-refractivity contribution in [2.45, 2.75) is 57.5 Å². The van der Waals surface area contributed by atoms with Gasteiger partial charge >= 0.3 is 0 Å². The molecule has 34 heavy (non-hydrogen) atoms. The molecule has 2 aliphatic rings. The van der Waals surface area contributed by atoms with E-state index in [4.69, 9.17) is 0 Å². The number of amides is 1. The van der Waals surface area contributed by atoms with Crippen molar-refractivity contribution < 1.29 is 9.18 Å². The summed E-state index contributed by atoms with van der Waals surface area (Å²) in [6.07, 6.45) is 4.84. The first-order valence-corrected chi connectivity index (χ1v) is 12.7. The molecule has 3 aromatic rings. The Morgan fingerprint density at radius 2 is 1.76 bits per heavy atom. The van der Waals surface area contributed by atoms with Crippen LogP contribution in [0.15, 0.2) is 48.5 Å². The second-order valence-corrected chi connectivity index (χ2v) is 10.7. The monoisotopic (exact) mass is 461 g/mol. The van der Waals surface area contributed by atoms with Gasteiger partial charge in [0.1, 0.15) is 5.82 Å². The number of rotatable bonds is 4. The average molecular weight is 462 g/mol. The van der Waals surface area contributed by atoms with E-state index in [1.54, 1.807) is 12.1 Å². The molecule has 5 heteroatoms. The van der Waals surface area contributed by atoms with E-state index in [2.05, 4.69) is 53.1 Å². The van der Waals surface area contributed by atoms with Gasteiger partial charge in [-0.1, -0.05) is 44.2 Å². The van der Waals surface area contributed by atoms with Gasteiger partial charge in [-0.25, -0.2) is 4.39 Å². The van der Waals surface area contributed by atoms with Crippen molar-refractivity contribution in [3.8, 4) is 0 Å². The average Bonchev–Trinajstić information content (AvgIpc) is 3.21. The molecule has 1 atom stereocenters. The van der Waals surface area contributed by atoms with Crippen molar-refractivity contribution in [1.29, 1.82) is 0 Å². The molecule has 5 rings (SSSR count). The Bertz CT molecular complexity index is 1170. The third-order valence-electron chi connectivity index (χ3n) is 8.21. The predicted molar refractivity (Wildman–Crippen MR) is 135 cm³/mol. The van der Waals surface area contributed by atoms with Crippen molar-refractivity contribution in [3.05, 3.63) is 71.2 Å². The van der Waals surface area contributed by atoms with Gasteiger partial charge in [-0.2, -0.15) is 0 Å². The predicted octanol–water partition coefficient (Wildman–Crippen LogP) is 6.04. The van der Waals surface area contributed by atoms with Gasteiger partial charge in [0.05, 0.1) is 5.54 Å². The van der Waals surface area contributed by atoms with Gasteiger partial charge < -0.3 is 14.8 Å². The molecule has 1 aromatic heterocycles. The van der Waals surface area contributed by atoms with Gasteiger partial charge in [0.2, 0.25) is 5.91 Å². The van der Waals surface area contributed by atoms with Crippen LogP contribution in [0.1, 0.15) is 62.4 Å². The number of aromatic nitrogens is 1. The molecule has 1 amide bonds. The molecule has 1 spiro atoms. The van der Waals surface area contributed by atoms with Crippen molar-refractivity contribution in [1.82, 2.24) is 14.8 Å². The van der Waals surface area contributed by atoms with Crippen molar-refractivity contribution in [2.24, 2.45) is 11.8 Å². The van der Waals surface area contributed by atoms with Crippen molar-refractivity contribution in [2.75, 3.05) is 20.6 Å². The quantitative estimate of drug-likeness (QED) is 0.515. The van der Waals surface area contributed by atoms with Gasteiger partial charge in [-0.3, -0.25) is 4.79 Å². The Hall–Kier alpha value is -2.66. The maximum atomic E-state index is 13.6. The van der Waals surface area contributed by atoms with Crippen LogP contribution >= 0.6 is 0 Å². The summed E-state index contributed by atoms with van der Waals surface area (Å²) in [6.45, 7) is 4.81. The third-order valence-corrected chi connectivity index (χ3v) is 8.21. The van der Waals surface area contributed by atoms with Crippen LogP contribution in [0.3, 0.4) is 0 Å². The van der Waals surface area contributed by atoms with Crippen LogP contribution in [0.2, 0.25) is 0 Å². The standard InChI is InChI=1S/C29H36FN3O/c1-19(2)28(34)33-18-15-24-23-7-5-6-8-25(23)31-27(24)29(33)16-13-21(14-17-29)26(32(3)4)20-9-11-22(30)12-10-20/h5-12,19,21,26,31H,13-18H2,1-4H3. The molecule has 180 valence electrons. The molecule has 1 fully saturated rings. The number of para-hydroxylation sites is 1. The normalized spacial score (nSPS) is 23.6. The molecule has 2 aromatic carbocycles. The number of fused-ring (bicyclic) bond motifs is 4. The Morgan fingerprint density at radius 3 is 2.41 bits per heavy atom. The molecule has 2 heterocycles. The van der Waals surface area contributed by atoms with E-state index in [0.29, 0.717) is 5.92 Å². The molecule has 1 saturated carbocycles. The molecule has 1 N–H and O–H groups in total. The van der Waals surface area contributed by atoms with Gasteiger partial charge in [-0.05, 0) is 81.4 Å². The van der Waals surface area contributed by atoms with Crippen LogP contribution < -0.4 is 0 Å². The minimum absolute atomic E-state index is 0.0192. The summed E-state index contributed by atoms with van der Waals surface area (Å²) >= 11 is 0. The highest BCUT2D eigenvalue weighted by molar-refractivity contribution is 5.87. The Labute approximate surface area is 202 Å². The van der Waals surface area contributed by atoms with Gasteiger partial charge in [0.15, 0.2) is 0 Å². The first-order chi connectivity index (χ1) is 16.3. The third kappa shape index (κ3) is 3.74. The fraction of sp³-hybridized carbons (Fsp3) is 0.483. The molecule has 0 radical (unpaired) electrons. The SMILES string of the molecule is CC(C)C(=O)N1CCc2c([nH]c3ccccc23)C12CCC(C(c1ccc(F)cc1)N(C)C)CC2. The lowest BCUT2D eigenvalue weighted by Gasteiger charge is -2.52. The zero-order chi connectivity index (χ0) is 24.0. The number of halogens is 1. The number of hydrogen-bond donors (Lipinski definition) is 1. The van der Waals surface area contributed by atoms with Gasteiger partial charge in [0, 0.05) is 35.1 Å². The first-order valence-electron chi connectivity index (χ1n) is 12.7. The zero-order valence-corrected chi connectivity index (χ0v) is 20.8. The van der Waals surface area contributed by atoms with E-state index < -0.39 is 0 Å². The number of carbonyl (C=O) groups is 1. The highest BCUT2D eigenvalue weighted by atomic mass is 19.1. The number of carbonyl (C=O) groups excluding carboxylic acids is 1. The lowest BCUT2D eigenvalue weighted by atomic mass is 9.68. The fourth-order valence-electron chi connectivity index (χ4n) is 6.67. The van der Waals surface area contributed by atoms with E-state index in [9.17, 15) is 9.18 Å². The fourth-order valence-corrected chi connectivity index (χ4v) is 6.67. The lowest BCUT2D eigenvalue weighted by Crippen LogP contribution is -2.56. The smallest absolute Gasteiger partial charge is 0.225 e. The molecule has 4 nitrogen and oxygen atoms in total. The summed E-state index contributed by atoms with van der Waals surface area (Å²) in [5.41, 5.74) is 4.72. The van der Waals surface area contributed by atoms with Crippen LogP contribution in [0.25, 0.3) is 10.9 Å². The minimum Gasteiger partial charge on any atom is -0.356 e. The maximum Gasteiger partial charge on any atom is 0.225 e. The second kappa shape index (κ2) is 8.84. The Balaban J connectivity index is 1.51. The molecule has 1 aliphatic heterocycles. The molecular formula is C29H36FN3O. The number of H-pyrrole nitrogens is 1. The maximum absolute atomic E-state index is 13.6. The van der Waals surface area contributed by atoms with E-state index in [-0.39, 0.29) is 29.2 Å². The summed E-state index contributed by atoms with van der Waals surface area (Å²) in [5.74, 6) is 0.497. The highest BCUT2D eigenvalue weighted by Crippen LogP contribution is 2.51. The van der Waals surface area contributed by atoms with Gasteiger partial charge in [0.25, 0.3) is 0 Å². The summed E-state index contributed by atoms with van der Waals surface area (Å²) in [4.78, 5) is 21.7. The molecule has 1 aliphatic carbocycles. The van der Waals surface area contributed by atoms with Crippen LogP contribution in [0.4, 0.5) is 4.39 Å². The second-order valence-electron chi connectivity index (χ2n) is 10.7. The van der Waals surface area contributed by atoms with Crippen LogP contribution in [0, 0.1) is 17.7 Å². The summed E-state index contributed by atoms with van der Waals surface area (Å²) in [7, 11) is 4.23. The van der Waals surface area contributed by atoms with Crippen LogP contribution in [0.5, 0.6) is 0 Å². The van der Waals surface area contributed by atoms with E-state index in [1.165, 1.54) is 22.2 Å². The van der Waals surface area contributed by atoms with E-state index in [1.807, 2.05) is 26.0 Å². The largest absolute Gasteiger partial charge is 0.356 e. The highest BCUT2D eigenvalue weighted by Gasteiger charge is 2.49. The van der Waals surface area contributed by atoms with Gasteiger partial charge in [-0.15, -0.1) is 0 Å². The van der Waals surface area contributed by atoms with Crippen LogP contribution in [-0.4, -0.2) is 41.3 Å². The minimum atomic E-state index is -0.274. The van der Waals surface area contributed by atoms with Crippen molar-refractivity contribution >= 4 is 16.8 Å². The number of benzene rings is 2. The zero-order valence-electron chi connectivity index (χ0n) is 20.8. The molecule has 0 saturated heterocycles. The molecule has 1 unspecified atom stereocenters. The number of nitrogens with zero attached hydrogens (tertiary/aromatic N) is 2. The number of nitrogens with one attached hydrogen (secondary N) is 1. The summed E-state index contributed by atoms with van der Waals surface area (Å²) < 4.78 is 13.6. The number of aromatic amines is 1. The summed E-state index contributed by atoms with van der Waals surface area (Å²) in [6, 6.07) is 15.8. The molecular weight excluding hydrogens is 425 g/mol.